The quantitative estimate of drug-likeness (QED) is 0.272. The number of hydrogen-bond acceptors (Lipinski definition) is 6. The molecule has 0 amide bonds. The van der Waals surface area contributed by atoms with Crippen LogP contribution in [0.3, 0.4) is 0 Å². The number of para-hydroxylation sites is 1. The zero-order chi connectivity index (χ0) is 23.9. The van der Waals surface area contributed by atoms with E-state index in [1.807, 2.05) is 36.4 Å². The molecule has 8 heteroatoms. The molecular formula is C26H29N3O5. The van der Waals surface area contributed by atoms with Crippen LogP contribution in [0.15, 0.2) is 71.5 Å². The van der Waals surface area contributed by atoms with Crippen molar-refractivity contribution in [3.8, 4) is 17.2 Å². The number of benzene rings is 3. The summed E-state index contributed by atoms with van der Waals surface area (Å²) in [5, 5.41) is 14.1. The van der Waals surface area contributed by atoms with E-state index in [0.29, 0.717) is 34.8 Å². The van der Waals surface area contributed by atoms with Gasteiger partial charge in [0.1, 0.15) is 24.0 Å². The molecule has 0 aliphatic carbocycles. The number of rotatable bonds is 11. The molecule has 0 radical (unpaired) electrons. The highest BCUT2D eigenvalue weighted by Gasteiger charge is 2.17. The maximum absolute atomic E-state index is 11.6. The molecule has 1 heterocycles. The Morgan fingerprint density at radius 3 is 2.47 bits per heavy atom. The zero-order valence-corrected chi connectivity index (χ0v) is 19.2. The van der Waals surface area contributed by atoms with Gasteiger partial charge < -0.3 is 34.6 Å². The maximum atomic E-state index is 11.6. The van der Waals surface area contributed by atoms with E-state index in [4.69, 9.17) is 14.2 Å². The van der Waals surface area contributed by atoms with Crippen LogP contribution in [0, 0.1) is 0 Å². The van der Waals surface area contributed by atoms with E-state index in [-0.39, 0.29) is 18.3 Å². The summed E-state index contributed by atoms with van der Waals surface area (Å²) in [4.78, 5) is 17.0. The third-order valence-electron chi connectivity index (χ3n) is 5.64. The molecule has 2 atom stereocenters. The van der Waals surface area contributed by atoms with Crippen LogP contribution in [-0.4, -0.2) is 48.5 Å². The van der Waals surface area contributed by atoms with Crippen molar-refractivity contribution in [1.29, 1.82) is 0 Å². The number of H-pyrrole nitrogens is 2. The van der Waals surface area contributed by atoms with Crippen LogP contribution in [0.2, 0.25) is 0 Å². The molecule has 0 spiro atoms. The van der Waals surface area contributed by atoms with Gasteiger partial charge in [0.05, 0.1) is 19.7 Å². The summed E-state index contributed by atoms with van der Waals surface area (Å²) in [6.07, 6.45) is -0.0345. The third-order valence-corrected chi connectivity index (χ3v) is 5.64. The molecule has 2 unspecified atom stereocenters. The van der Waals surface area contributed by atoms with Gasteiger partial charge in [0, 0.05) is 12.6 Å². The molecule has 8 nitrogen and oxygen atoms in total. The lowest BCUT2D eigenvalue weighted by atomic mass is 9.98. The second-order valence-corrected chi connectivity index (χ2v) is 7.99. The van der Waals surface area contributed by atoms with Gasteiger partial charge in [-0.2, -0.15) is 0 Å². The van der Waals surface area contributed by atoms with Crippen molar-refractivity contribution in [1.82, 2.24) is 15.3 Å². The lowest BCUT2D eigenvalue weighted by Gasteiger charge is -2.23. The highest BCUT2D eigenvalue weighted by Crippen LogP contribution is 2.31. The lowest BCUT2D eigenvalue weighted by Crippen LogP contribution is -2.34. The number of methoxy groups -OCH3 is 2. The van der Waals surface area contributed by atoms with Crippen LogP contribution in [0.1, 0.15) is 17.2 Å². The second-order valence-electron chi connectivity index (χ2n) is 7.99. The number of aromatic nitrogens is 2. The molecule has 0 saturated carbocycles. The summed E-state index contributed by atoms with van der Waals surface area (Å²) in [5.41, 5.74) is 3.13. The minimum Gasteiger partial charge on any atom is -0.493 e. The summed E-state index contributed by atoms with van der Waals surface area (Å²) in [6.45, 7) is 0.384. The molecule has 0 saturated heterocycles. The molecule has 1 aromatic heterocycles. The molecular weight excluding hydrogens is 434 g/mol. The largest absolute Gasteiger partial charge is 0.493 e. The van der Waals surface area contributed by atoms with Crippen molar-refractivity contribution < 1.29 is 19.3 Å². The molecule has 0 fully saturated rings. The van der Waals surface area contributed by atoms with Gasteiger partial charge in [-0.15, -0.1) is 0 Å². The van der Waals surface area contributed by atoms with E-state index in [2.05, 4.69) is 27.4 Å². The Kier molecular flexibility index (Phi) is 7.51. The van der Waals surface area contributed by atoms with Crippen molar-refractivity contribution in [2.24, 2.45) is 0 Å². The highest BCUT2D eigenvalue weighted by atomic mass is 16.5. The monoisotopic (exact) mass is 463 g/mol. The fraction of sp³-hybridized carbons (Fsp3) is 0.269. The van der Waals surface area contributed by atoms with Crippen LogP contribution >= 0.6 is 0 Å². The number of nitrogens with one attached hydrogen (secondary N) is 3. The van der Waals surface area contributed by atoms with Gasteiger partial charge >= 0.3 is 5.69 Å². The van der Waals surface area contributed by atoms with Gasteiger partial charge in [-0.1, -0.05) is 42.5 Å². The summed E-state index contributed by atoms with van der Waals surface area (Å²) >= 11 is 0. The van der Waals surface area contributed by atoms with Gasteiger partial charge in [-0.05, 0) is 41.8 Å². The molecule has 4 aromatic rings. The standard InChI is InChI=1S/C26H29N3O5/c1-32-22-12-11-18(14-24(22)33-2)21(13-17-7-4-3-5-8-17)27-15-19(30)16-34-23-10-6-9-20-25(23)29-26(31)28-20/h3-12,14,19,21,27,30H,13,15-16H2,1-2H3,(H2,28,29,31). The summed E-state index contributed by atoms with van der Waals surface area (Å²) in [7, 11) is 3.22. The maximum Gasteiger partial charge on any atom is 0.323 e. The van der Waals surface area contributed by atoms with Crippen LogP contribution in [0.4, 0.5) is 0 Å². The van der Waals surface area contributed by atoms with E-state index < -0.39 is 6.10 Å². The zero-order valence-electron chi connectivity index (χ0n) is 19.2. The van der Waals surface area contributed by atoms with Crippen molar-refractivity contribution in [2.45, 2.75) is 18.6 Å². The average Bonchev–Trinajstić information content (AvgIpc) is 3.26. The lowest BCUT2D eigenvalue weighted by molar-refractivity contribution is 0.104. The molecule has 3 aromatic carbocycles. The second kappa shape index (κ2) is 10.9. The average molecular weight is 464 g/mol. The normalized spacial score (nSPS) is 12.9. The predicted octanol–water partition coefficient (Wildman–Crippen LogP) is 3.19. The van der Waals surface area contributed by atoms with Crippen LogP contribution in [0.25, 0.3) is 11.0 Å². The predicted molar refractivity (Wildman–Crippen MR) is 131 cm³/mol. The smallest absolute Gasteiger partial charge is 0.323 e. The van der Waals surface area contributed by atoms with Gasteiger partial charge in [0.2, 0.25) is 0 Å². The van der Waals surface area contributed by atoms with Gasteiger partial charge in [0.25, 0.3) is 0 Å². The number of hydrogen-bond donors (Lipinski definition) is 4. The van der Waals surface area contributed by atoms with Gasteiger partial charge in [-0.3, -0.25) is 0 Å². The highest BCUT2D eigenvalue weighted by molar-refractivity contribution is 5.81. The van der Waals surface area contributed by atoms with Crippen molar-refractivity contribution >= 4 is 11.0 Å². The Labute approximate surface area is 197 Å². The minimum atomic E-state index is -0.765. The molecule has 4 N–H and O–H groups in total. The summed E-state index contributed by atoms with van der Waals surface area (Å²) < 4.78 is 16.6. The van der Waals surface area contributed by atoms with Crippen LogP contribution in [0.5, 0.6) is 17.2 Å². The number of imidazole rings is 1. The van der Waals surface area contributed by atoms with Crippen LogP contribution < -0.4 is 25.2 Å². The Bertz CT molecular complexity index is 1270. The van der Waals surface area contributed by atoms with E-state index in [0.717, 1.165) is 12.0 Å². The Morgan fingerprint density at radius 1 is 0.912 bits per heavy atom. The summed E-state index contributed by atoms with van der Waals surface area (Å²) in [5.74, 6) is 1.82. The molecule has 0 bridgehead atoms. The Morgan fingerprint density at radius 2 is 1.71 bits per heavy atom. The van der Waals surface area contributed by atoms with E-state index in [1.54, 1.807) is 32.4 Å². The van der Waals surface area contributed by atoms with E-state index in [1.165, 1.54) is 5.56 Å². The first-order chi connectivity index (χ1) is 16.6. The fourth-order valence-electron chi connectivity index (χ4n) is 3.90. The van der Waals surface area contributed by atoms with Crippen molar-refractivity contribution in [2.75, 3.05) is 27.4 Å². The first kappa shape index (κ1) is 23.4. The Balaban J connectivity index is 1.45. The van der Waals surface area contributed by atoms with E-state index >= 15 is 0 Å². The molecule has 0 aliphatic heterocycles. The third kappa shape index (κ3) is 5.59. The molecule has 0 aliphatic rings. The fourth-order valence-corrected chi connectivity index (χ4v) is 3.90. The number of aromatic amines is 2. The van der Waals surface area contributed by atoms with Gasteiger partial charge in [-0.25, -0.2) is 4.79 Å². The first-order valence-corrected chi connectivity index (χ1v) is 11.1. The number of aliphatic hydroxyl groups is 1. The Hall–Kier alpha value is -3.75. The number of ether oxygens (including phenoxy) is 3. The topological polar surface area (TPSA) is 109 Å². The molecule has 34 heavy (non-hydrogen) atoms. The first-order valence-electron chi connectivity index (χ1n) is 11.1. The summed E-state index contributed by atoms with van der Waals surface area (Å²) in [6, 6.07) is 21.3. The molecule has 4 rings (SSSR count). The minimum absolute atomic E-state index is 0.0682. The van der Waals surface area contributed by atoms with Crippen LogP contribution in [-0.2, 0) is 6.42 Å². The SMILES string of the molecule is COc1ccc(C(Cc2ccccc2)NCC(O)COc2cccc3[nH]c(=O)[nH]c23)cc1OC. The number of aliphatic hydroxyl groups excluding tert-OH is 1. The molecule has 178 valence electrons. The van der Waals surface area contributed by atoms with E-state index in [9.17, 15) is 9.90 Å². The number of fused-ring (bicyclic) bond motifs is 1. The van der Waals surface area contributed by atoms with Crippen molar-refractivity contribution in [3.63, 3.8) is 0 Å². The van der Waals surface area contributed by atoms with Crippen molar-refractivity contribution in [3.05, 3.63) is 88.3 Å². The van der Waals surface area contributed by atoms with Gasteiger partial charge in [0.15, 0.2) is 11.5 Å².